The summed E-state index contributed by atoms with van der Waals surface area (Å²) in [6.07, 6.45) is 1.63. The highest BCUT2D eigenvalue weighted by Gasteiger charge is 2.36. The predicted molar refractivity (Wildman–Crippen MR) is 117 cm³/mol. The van der Waals surface area contributed by atoms with Gasteiger partial charge in [0, 0.05) is 18.8 Å². The number of anilines is 2. The Hall–Kier alpha value is -3.08. The van der Waals surface area contributed by atoms with Crippen LogP contribution >= 0.6 is 0 Å². The molecule has 2 amide bonds. The number of hydrogen-bond acceptors (Lipinski definition) is 6. The third kappa shape index (κ3) is 4.57. The zero-order chi connectivity index (χ0) is 22.9. The SMILES string of the molecule is Cc1ccc2c(c1)C(=O)C(=O)N2CC(=O)Nc1ccc(S(=O)(=O)NC[C@@H]2CCCO2)cc1. The number of ketones is 1. The highest BCUT2D eigenvalue weighted by molar-refractivity contribution is 7.89. The standard InChI is InChI=1S/C22H23N3O6S/c1-14-4-9-19-18(11-14)21(27)22(28)25(19)13-20(26)24-15-5-7-17(8-6-15)32(29,30)23-12-16-3-2-10-31-16/h4-9,11,16,23H,2-3,10,12-13H2,1H3,(H,24,26)/t16-/m0/s1. The highest BCUT2D eigenvalue weighted by atomic mass is 32.2. The van der Waals surface area contributed by atoms with Crippen LogP contribution in [0.5, 0.6) is 0 Å². The minimum Gasteiger partial charge on any atom is -0.377 e. The van der Waals surface area contributed by atoms with Gasteiger partial charge in [-0.25, -0.2) is 13.1 Å². The summed E-state index contributed by atoms with van der Waals surface area (Å²) in [4.78, 5) is 38.1. The zero-order valence-corrected chi connectivity index (χ0v) is 18.3. The van der Waals surface area contributed by atoms with Gasteiger partial charge in [-0.05, 0) is 56.2 Å². The molecular weight excluding hydrogens is 434 g/mol. The Balaban J connectivity index is 1.38. The molecule has 0 spiro atoms. The topological polar surface area (TPSA) is 122 Å². The lowest BCUT2D eigenvalue weighted by molar-refractivity contribution is -0.118. The van der Waals surface area contributed by atoms with E-state index < -0.39 is 27.6 Å². The van der Waals surface area contributed by atoms with E-state index in [2.05, 4.69) is 10.0 Å². The molecule has 9 nitrogen and oxygen atoms in total. The van der Waals surface area contributed by atoms with Gasteiger partial charge in [0.2, 0.25) is 15.9 Å². The van der Waals surface area contributed by atoms with Crippen molar-refractivity contribution in [2.45, 2.75) is 30.8 Å². The van der Waals surface area contributed by atoms with E-state index in [1.54, 1.807) is 18.2 Å². The second kappa shape index (κ2) is 8.81. The fourth-order valence-electron chi connectivity index (χ4n) is 3.72. The Morgan fingerprint density at radius 1 is 1.16 bits per heavy atom. The Kier molecular flexibility index (Phi) is 6.09. The number of nitrogens with zero attached hydrogens (tertiary/aromatic N) is 1. The van der Waals surface area contributed by atoms with E-state index in [9.17, 15) is 22.8 Å². The van der Waals surface area contributed by atoms with E-state index in [1.807, 2.05) is 6.92 Å². The quantitative estimate of drug-likeness (QED) is 0.610. The summed E-state index contributed by atoms with van der Waals surface area (Å²) in [5, 5.41) is 2.62. The van der Waals surface area contributed by atoms with Gasteiger partial charge < -0.3 is 10.1 Å². The lowest BCUT2D eigenvalue weighted by atomic mass is 10.1. The second-order valence-electron chi connectivity index (χ2n) is 7.80. The summed E-state index contributed by atoms with van der Waals surface area (Å²) in [5.74, 6) is -1.90. The van der Waals surface area contributed by atoms with E-state index in [0.717, 1.165) is 23.3 Å². The Bertz CT molecular complexity index is 1170. The molecule has 1 saturated heterocycles. The van der Waals surface area contributed by atoms with Gasteiger partial charge in [-0.2, -0.15) is 0 Å². The summed E-state index contributed by atoms with van der Waals surface area (Å²) >= 11 is 0. The van der Waals surface area contributed by atoms with Gasteiger partial charge in [0.1, 0.15) is 6.54 Å². The van der Waals surface area contributed by atoms with Crippen LogP contribution in [-0.4, -0.2) is 51.8 Å². The minimum absolute atomic E-state index is 0.0677. The summed E-state index contributed by atoms with van der Waals surface area (Å²) in [7, 11) is -3.70. The van der Waals surface area contributed by atoms with Crippen LogP contribution in [0.1, 0.15) is 28.8 Å². The molecule has 0 aromatic heterocycles. The number of rotatable bonds is 7. The van der Waals surface area contributed by atoms with Crippen molar-refractivity contribution in [1.29, 1.82) is 0 Å². The van der Waals surface area contributed by atoms with Crippen molar-refractivity contribution in [3.8, 4) is 0 Å². The van der Waals surface area contributed by atoms with Crippen molar-refractivity contribution in [2.75, 3.05) is 29.9 Å². The molecule has 32 heavy (non-hydrogen) atoms. The molecule has 2 aromatic carbocycles. The van der Waals surface area contributed by atoms with Crippen LogP contribution in [0.15, 0.2) is 47.4 Å². The smallest absolute Gasteiger partial charge is 0.299 e. The maximum atomic E-state index is 12.5. The number of hydrogen-bond donors (Lipinski definition) is 2. The van der Waals surface area contributed by atoms with Crippen LogP contribution in [0.3, 0.4) is 0 Å². The maximum Gasteiger partial charge on any atom is 0.299 e. The van der Waals surface area contributed by atoms with Crippen LogP contribution in [0.4, 0.5) is 11.4 Å². The first kappa shape index (κ1) is 22.1. The van der Waals surface area contributed by atoms with Gasteiger partial charge >= 0.3 is 0 Å². The molecule has 0 radical (unpaired) electrons. The molecule has 0 unspecified atom stereocenters. The van der Waals surface area contributed by atoms with Crippen molar-refractivity contribution in [2.24, 2.45) is 0 Å². The molecule has 0 saturated carbocycles. The third-order valence-corrected chi connectivity index (χ3v) is 6.84. The van der Waals surface area contributed by atoms with E-state index in [-0.39, 0.29) is 29.7 Å². The summed E-state index contributed by atoms with van der Waals surface area (Å²) in [5.41, 5.74) is 1.90. The lowest BCUT2D eigenvalue weighted by Crippen LogP contribution is -2.37. The summed E-state index contributed by atoms with van der Waals surface area (Å²) < 4.78 is 32.8. The minimum atomic E-state index is -3.70. The molecule has 0 aliphatic carbocycles. The van der Waals surface area contributed by atoms with Gasteiger partial charge in [0.25, 0.3) is 11.7 Å². The van der Waals surface area contributed by atoms with Gasteiger partial charge in [0.15, 0.2) is 0 Å². The molecule has 168 valence electrons. The van der Waals surface area contributed by atoms with Crippen molar-refractivity contribution in [3.63, 3.8) is 0 Å². The van der Waals surface area contributed by atoms with Crippen LogP contribution in [-0.2, 0) is 24.3 Å². The third-order valence-electron chi connectivity index (χ3n) is 5.40. The Morgan fingerprint density at radius 3 is 2.59 bits per heavy atom. The maximum absolute atomic E-state index is 12.5. The fourth-order valence-corrected chi connectivity index (χ4v) is 4.79. The largest absolute Gasteiger partial charge is 0.377 e. The first-order valence-corrected chi connectivity index (χ1v) is 11.7. The normalized spacial score (nSPS) is 18.2. The van der Waals surface area contributed by atoms with Crippen LogP contribution < -0.4 is 14.9 Å². The van der Waals surface area contributed by atoms with Crippen molar-refractivity contribution in [3.05, 3.63) is 53.6 Å². The molecule has 0 bridgehead atoms. The molecule has 4 rings (SSSR count). The number of aryl methyl sites for hydroxylation is 1. The number of benzene rings is 2. The average molecular weight is 458 g/mol. The number of amides is 2. The number of nitrogens with one attached hydrogen (secondary N) is 2. The van der Waals surface area contributed by atoms with Crippen LogP contribution in [0, 0.1) is 6.92 Å². The molecule has 2 N–H and O–H groups in total. The van der Waals surface area contributed by atoms with Crippen molar-refractivity contribution in [1.82, 2.24) is 4.72 Å². The van der Waals surface area contributed by atoms with Crippen molar-refractivity contribution >= 4 is 39.0 Å². The average Bonchev–Trinajstić information content (AvgIpc) is 3.36. The number of ether oxygens (including phenoxy) is 1. The van der Waals surface area contributed by atoms with E-state index in [0.29, 0.717) is 18.0 Å². The predicted octanol–water partition coefficient (Wildman–Crippen LogP) is 1.62. The van der Waals surface area contributed by atoms with Crippen molar-refractivity contribution < 1.29 is 27.5 Å². The summed E-state index contributed by atoms with van der Waals surface area (Å²) in [6, 6.07) is 10.7. The molecule has 10 heteroatoms. The first-order chi connectivity index (χ1) is 15.2. The second-order valence-corrected chi connectivity index (χ2v) is 9.57. The van der Waals surface area contributed by atoms with E-state index in [4.69, 9.17) is 4.74 Å². The molecule has 2 heterocycles. The van der Waals surface area contributed by atoms with Gasteiger partial charge in [0.05, 0.1) is 22.3 Å². The van der Waals surface area contributed by atoms with Crippen LogP contribution in [0.2, 0.25) is 0 Å². The molecule has 1 fully saturated rings. The molecular formula is C22H23N3O6S. The fraction of sp³-hybridized carbons (Fsp3) is 0.318. The molecule has 2 aliphatic rings. The number of carbonyl (C=O) groups is 3. The number of Topliss-reactive ketones (excluding diaryl/α,β-unsaturated/α-hetero) is 1. The molecule has 2 aromatic rings. The van der Waals surface area contributed by atoms with Gasteiger partial charge in [-0.15, -0.1) is 0 Å². The molecule has 1 atom stereocenters. The van der Waals surface area contributed by atoms with E-state index >= 15 is 0 Å². The Labute approximate surface area is 185 Å². The molecule has 2 aliphatic heterocycles. The van der Waals surface area contributed by atoms with Gasteiger partial charge in [-0.3, -0.25) is 19.3 Å². The monoisotopic (exact) mass is 457 g/mol. The lowest BCUT2D eigenvalue weighted by Gasteiger charge is -2.16. The summed E-state index contributed by atoms with van der Waals surface area (Å²) in [6.45, 7) is 2.34. The number of fused-ring (bicyclic) bond motifs is 1. The zero-order valence-electron chi connectivity index (χ0n) is 17.5. The van der Waals surface area contributed by atoms with E-state index in [1.165, 1.54) is 24.3 Å². The number of carbonyl (C=O) groups excluding carboxylic acids is 3. The van der Waals surface area contributed by atoms with Gasteiger partial charge in [-0.1, -0.05) is 11.6 Å². The first-order valence-electron chi connectivity index (χ1n) is 10.2. The Morgan fingerprint density at radius 2 is 1.91 bits per heavy atom. The number of sulfonamides is 1. The highest BCUT2D eigenvalue weighted by Crippen LogP contribution is 2.29. The van der Waals surface area contributed by atoms with Crippen LogP contribution in [0.25, 0.3) is 0 Å².